The first-order valence-electron chi connectivity index (χ1n) is 17.0. The Hall–Kier alpha value is -3.75. The van der Waals surface area contributed by atoms with Gasteiger partial charge in [0.2, 0.25) is 11.6 Å². The summed E-state index contributed by atoms with van der Waals surface area (Å²) in [7, 11) is 0. The molecule has 0 bridgehead atoms. The molecule has 15 heteroatoms. The van der Waals surface area contributed by atoms with Crippen LogP contribution in [0.4, 0.5) is 11.6 Å². The van der Waals surface area contributed by atoms with Crippen molar-refractivity contribution in [1.29, 1.82) is 0 Å². The van der Waals surface area contributed by atoms with Crippen molar-refractivity contribution < 1.29 is 42.0 Å². The SMILES string of the molecule is CC[C@H]1C[C@@H](Nc2ncncc2C(=O)c2cc(C=O)cs2)C[C@@H]1C.CC[C@H]1C[C@@H](Nc2ncncc2C(=O)c2cc(CO)cs2)C[C@@H]1C.[O]=[Mn]=[O]. The molecule has 2 aliphatic carbocycles. The van der Waals surface area contributed by atoms with Gasteiger partial charge in [-0.1, -0.05) is 40.5 Å². The Kier molecular flexibility index (Phi) is 15.5. The third-order valence-electron chi connectivity index (χ3n) is 9.78. The second-order valence-corrected chi connectivity index (χ2v) is 15.1. The fourth-order valence-electron chi connectivity index (χ4n) is 7.03. The van der Waals surface area contributed by atoms with E-state index < -0.39 is 14.8 Å². The second-order valence-electron chi connectivity index (χ2n) is 13.0. The van der Waals surface area contributed by atoms with Crippen LogP contribution < -0.4 is 10.6 Å². The van der Waals surface area contributed by atoms with Crippen LogP contribution in [0.5, 0.6) is 0 Å². The molecule has 0 radical (unpaired) electrons. The van der Waals surface area contributed by atoms with Crippen LogP contribution in [-0.2, 0) is 29.1 Å². The first kappa shape index (κ1) is 40.0. The second kappa shape index (κ2) is 19.7. The van der Waals surface area contributed by atoms with Gasteiger partial charge in [0, 0.05) is 35.4 Å². The number of aliphatic hydroxyl groups excluding tert-OH is 1. The van der Waals surface area contributed by atoms with Crippen LogP contribution in [0, 0.1) is 23.7 Å². The van der Waals surface area contributed by atoms with Crippen LogP contribution in [0.1, 0.15) is 113 Å². The summed E-state index contributed by atoms with van der Waals surface area (Å²) in [5.74, 6) is 3.78. The van der Waals surface area contributed by atoms with Crippen molar-refractivity contribution in [2.75, 3.05) is 10.6 Å². The number of carbonyl (C=O) groups is 3. The van der Waals surface area contributed by atoms with Gasteiger partial charge in [-0.15, -0.1) is 22.7 Å². The summed E-state index contributed by atoms with van der Waals surface area (Å²) in [6.07, 6.45) is 13.6. The molecule has 2 saturated carbocycles. The van der Waals surface area contributed by atoms with Crippen LogP contribution in [0.15, 0.2) is 47.9 Å². The third-order valence-corrected chi connectivity index (χ3v) is 11.7. The molecule has 0 spiro atoms. The zero-order chi connectivity index (χ0) is 36.9. The summed E-state index contributed by atoms with van der Waals surface area (Å²) in [5, 5.41) is 19.6. The van der Waals surface area contributed by atoms with E-state index in [4.69, 9.17) is 7.67 Å². The van der Waals surface area contributed by atoms with Gasteiger partial charge in [-0.3, -0.25) is 14.4 Å². The third kappa shape index (κ3) is 10.6. The molecule has 3 N–H and O–H groups in total. The molecule has 2 fully saturated rings. The first-order valence-corrected chi connectivity index (χ1v) is 19.7. The minimum absolute atomic E-state index is 0.0570. The van der Waals surface area contributed by atoms with E-state index in [1.54, 1.807) is 35.3 Å². The van der Waals surface area contributed by atoms with Crippen molar-refractivity contribution in [3.05, 3.63) is 79.9 Å². The van der Waals surface area contributed by atoms with Crippen LogP contribution in [0.25, 0.3) is 0 Å². The molecule has 0 aliphatic heterocycles. The average Bonchev–Trinajstić information content (AvgIpc) is 3.96. The summed E-state index contributed by atoms with van der Waals surface area (Å²) in [5.41, 5.74) is 2.23. The summed E-state index contributed by atoms with van der Waals surface area (Å²) < 4.78 is 16.8. The van der Waals surface area contributed by atoms with Crippen molar-refractivity contribution in [2.24, 2.45) is 23.7 Å². The van der Waals surface area contributed by atoms with Gasteiger partial charge < -0.3 is 15.7 Å². The molecule has 4 aromatic heterocycles. The number of anilines is 2. The predicted octanol–water partition coefficient (Wildman–Crippen LogP) is 7.08. The Morgan fingerprint density at radius 1 is 0.824 bits per heavy atom. The molecule has 4 aromatic rings. The Morgan fingerprint density at radius 2 is 1.29 bits per heavy atom. The van der Waals surface area contributed by atoms with Gasteiger partial charge in [0.25, 0.3) is 0 Å². The Morgan fingerprint density at radius 3 is 1.69 bits per heavy atom. The number of nitrogens with zero attached hydrogens (tertiary/aromatic N) is 4. The Balaban J connectivity index is 0.000000212. The molecule has 6 rings (SSSR count). The van der Waals surface area contributed by atoms with Gasteiger partial charge in [-0.05, 0) is 72.4 Å². The van der Waals surface area contributed by atoms with E-state index in [1.807, 2.05) is 0 Å². The number of hydrogen-bond donors (Lipinski definition) is 3. The fraction of sp³-hybridized carbons (Fsp3) is 0.472. The van der Waals surface area contributed by atoms with Crippen molar-refractivity contribution in [3.8, 4) is 0 Å². The molecule has 2 aliphatic rings. The van der Waals surface area contributed by atoms with Gasteiger partial charge in [0.1, 0.15) is 24.3 Å². The Bertz CT molecular complexity index is 1810. The zero-order valence-electron chi connectivity index (χ0n) is 29.1. The van der Waals surface area contributed by atoms with E-state index in [0.717, 1.165) is 49.4 Å². The predicted molar refractivity (Wildman–Crippen MR) is 191 cm³/mol. The summed E-state index contributed by atoms with van der Waals surface area (Å²) >= 11 is 1.17. The van der Waals surface area contributed by atoms with Crippen LogP contribution in [-0.4, -0.2) is 55.0 Å². The van der Waals surface area contributed by atoms with Crippen LogP contribution in [0.2, 0.25) is 0 Å². The number of aliphatic hydroxyl groups is 1. The minimum atomic E-state index is -1.44. The van der Waals surface area contributed by atoms with Crippen molar-refractivity contribution in [3.63, 3.8) is 0 Å². The zero-order valence-corrected chi connectivity index (χ0v) is 31.9. The molecule has 12 nitrogen and oxygen atoms in total. The molecule has 273 valence electrons. The molecule has 0 unspecified atom stereocenters. The van der Waals surface area contributed by atoms with Gasteiger partial charge in [-0.25, -0.2) is 19.9 Å². The summed E-state index contributed by atoms with van der Waals surface area (Å²) in [4.78, 5) is 54.1. The van der Waals surface area contributed by atoms with Crippen molar-refractivity contribution in [1.82, 2.24) is 19.9 Å². The molecular formula is C36H44MnN6O6S2. The number of thiophene rings is 2. The summed E-state index contributed by atoms with van der Waals surface area (Å²) in [6, 6.07) is 4.03. The van der Waals surface area contributed by atoms with Gasteiger partial charge >= 0.3 is 22.5 Å². The summed E-state index contributed by atoms with van der Waals surface area (Å²) in [6.45, 7) is 8.99. The number of ketones is 2. The monoisotopic (exact) mass is 775 g/mol. The molecule has 0 saturated heterocycles. The van der Waals surface area contributed by atoms with E-state index in [2.05, 4.69) is 58.3 Å². The van der Waals surface area contributed by atoms with E-state index in [9.17, 15) is 19.5 Å². The van der Waals surface area contributed by atoms with Gasteiger partial charge in [-0.2, -0.15) is 0 Å². The number of hydrogen-bond acceptors (Lipinski definition) is 14. The number of aromatic nitrogens is 4. The fourth-order valence-corrected chi connectivity index (χ4v) is 8.69. The van der Waals surface area contributed by atoms with Gasteiger partial charge in [0.05, 0.1) is 27.5 Å². The topological polar surface area (TPSA) is 181 Å². The maximum atomic E-state index is 12.8. The van der Waals surface area contributed by atoms with E-state index >= 15 is 0 Å². The molecular weight excluding hydrogens is 732 g/mol. The van der Waals surface area contributed by atoms with Crippen molar-refractivity contribution in [2.45, 2.75) is 84.9 Å². The molecule has 0 amide bonds. The average molecular weight is 776 g/mol. The number of nitrogens with one attached hydrogen (secondary N) is 2. The molecule has 4 heterocycles. The van der Waals surface area contributed by atoms with Crippen LogP contribution in [0.3, 0.4) is 0 Å². The van der Waals surface area contributed by atoms with E-state index in [0.29, 0.717) is 62.0 Å². The number of rotatable bonds is 12. The molecule has 0 aromatic carbocycles. The van der Waals surface area contributed by atoms with Crippen molar-refractivity contribution >= 4 is 52.2 Å². The standard InChI is InChI=1S/C18H23N3O2S.C18H21N3O2S.Mn.2O/c2*1-3-13-6-14(4-11(13)2)21-18-15(7-19-10-20-18)17(23)16-5-12(8-22)9-24-16;;;/h5,7,9-11,13-14,22H,3-4,6,8H2,1-2H3,(H,19,20,21);5,7-11,13-14H,3-4,6H2,1-2H3,(H,19,20,21);;;/t2*11-,13-,14-;;;/m00.../s1. The van der Waals surface area contributed by atoms with Gasteiger partial charge in [0.15, 0.2) is 6.29 Å². The molecule has 51 heavy (non-hydrogen) atoms. The number of aldehydes is 1. The Labute approximate surface area is 311 Å². The normalized spacial score (nSPS) is 22.1. The first-order chi connectivity index (χ1) is 24.6. The maximum absolute atomic E-state index is 12.8. The van der Waals surface area contributed by atoms with E-state index in [-0.39, 0.29) is 18.2 Å². The number of carbonyl (C=O) groups excluding carboxylic acids is 3. The van der Waals surface area contributed by atoms with E-state index in [1.165, 1.54) is 48.2 Å². The molecule has 6 atom stereocenters. The quantitative estimate of drug-likeness (QED) is 0.0757. The van der Waals surface area contributed by atoms with Crippen LogP contribution >= 0.6 is 22.7 Å².